The van der Waals surface area contributed by atoms with Crippen molar-refractivity contribution < 1.29 is 23.9 Å². The number of urea groups is 1. The number of carbonyl (C=O) groups is 4. The van der Waals surface area contributed by atoms with Gasteiger partial charge in [-0.15, -0.1) is 0 Å². The Morgan fingerprint density at radius 2 is 1.59 bits per heavy atom. The Balaban J connectivity index is 1.51. The van der Waals surface area contributed by atoms with Gasteiger partial charge in [-0.25, -0.2) is 9.69 Å². The average molecular weight is 713 g/mol. The summed E-state index contributed by atoms with van der Waals surface area (Å²) in [7, 11) is 0. The van der Waals surface area contributed by atoms with Crippen molar-refractivity contribution >= 4 is 101 Å². The fraction of sp³-hybridized carbons (Fsp3) is 0.0400. The maximum Gasteiger partial charge on any atom is 0.335 e. The first-order valence-electron chi connectivity index (χ1n) is 10.5. The highest BCUT2D eigenvalue weighted by molar-refractivity contribution is 9.11. The third-order valence-electron chi connectivity index (χ3n) is 4.99. The Hall–Kier alpha value is -2.99. The molecule has 8 nitrogen and oxygen atoms in total. The lowest BCUT2D eigenvalue weighted by molar-refractivity contribution is -0.122. The fourth-order valence-electron chi connectivity index (χ4n) is 3.32. The molecule has 1 fully saturated rings. The molecule has 2 N–H and O–H groups in total. The van der Waals surface area contributed by atoms with Crippen molar-refractivity contribution in [2.75, 3.05) is 16.8 Å². The Kier molecular flexibility index (Phi) is 8.48. The van der Waals surface area contributed by atoms with Crippen LogP contribution < -0.4 is 20.3 Å². The van der Waals surface area contributed by atoms with Crippen LogP contribution in [0.25, 0.3) is 6.08 Å². The van der Waals surface area contributed by atoms with Crippen LogP contribution in [0.3, 0.4) is 0 Å². The van der Waals surface area contributed by atoms with E-state index in [9.17, 15) is 19.2 Å². The number of imide groups is 2. The molecule has 0 bridgehead atoms. The molecular formula is C25H15Br3ClN3O5. The topological polar surface area (TPSA) is 105 Å². The largest absolute Gasteiger partial charge is 0.481 e. The van der Waals surface area contributed by atoms with Crippen molar-refractivity contribution in [2.24, 2.45) is 0 Å². The number of carbonyl (C=O) groups excluding carboxylic acids is 4. The summed E-state index contributed by atoms with van der Waals surface area (Å²) in [5.41, 5.74) is 1.13. The molecule has 1 saturated heterocycles. The second kappa shape index (κ2) is 11.6. The molecule has 1 aliphatic heterocycles. The molecule has 37 heavy (non-hydrogen) atoms. The number of rotatable bonds is 6. The lowest BCUT2D eigenvalue weighted by Crippen LogP contribution is -2.54. The van der Waals surface area contributed by atoms with Crippen LogP contribution in [0.1, 0.15) is 5.56 Å². The number of halogens is 4. The summed E-state index contributed by atoms with van der Waals surface area (Å²) in [5, 5.41) is 5.44. The van der Waals surface area contributed by atoms with E-state index in [1.54, 1.807) is 60.7 Å². The van der Waals surface area contributed by atoms with Crippen LogP contribution in [0.5, 0.6) is 5.75 Å². The van der Waals surface area contributed by atoms with E-state index in [0.29, 0.717) is 36.7 Å². The SMILES string of the molecule is O=C(COc1c(Br)cc(/C=C2\C(=O)NC(=O)N(c3ccc(Br)cc3)C2=O)cc1Br)Nc1ccc(Cl)cc1. The smallest absolute Gasteiger partial charge is 0.335 e. The molecule has 4 rings (SSSR count). The normalized spacial score (nSPS) is 14.5. The summed E-state index contributed by atoms with van der Waals surface area (Å²) < 4.78 is 7.37. The molecule has 0 saturated carbocycles. The monoisotopic (exact) mass is 709 g/mol. The van der Waals surface area contributed by atoms with E-state index < -0.39 is 17.8 Å². The zero-order valence-corrected chi connectivity index (χ0v) is 24.1. The van der Waals surface area contributed by atoms with Crippen molar-refractivity contribution in [3.05, 3.63) is 90.2 Å². The maximum absolute atomic E-state index is 13.1. The van der Waals surface area contributed by atoms with E-state index in [1.807, 2.05) is 0 Å². The second-order valence-electron chi connectivity index (χ2n) is 7.59. The average Bonchev–Trinajstić information content (AvgIpc) is 2.84. The molecule has 188 valence electrons. The highest BCUT2D eigenvalue weighted by Crippen LogP contribution is 2.36. The van der Waals surface area contributed by atoms with Gasteiger partial charge in [-0.3, -0.25) is 19.7 Å². The van der Waals surface area contributed by atoms with Gasteiger partial charge in [0.2, 0.25) is 0 Å². The minimum absolute atomic E-state index is 0.225. The van der Waals surface area contributed by atoms with Crippen molar-refractivity contribution in [2.45, 2.75) is 0 Å². The van der Waals surface area contributed by atoms with Crippen LogP contribution in [0.15, 0.2) is 79.7 Å². The fourth-order valence-corrected chi connectivity index (χ4v) is 5.16. The summed E-state index contributed by atoms with van der Waals surface area (Å²) in [4.78, 5) is 51.1. The van der Waals surface area contributed by atoms with Crippen molar-refractivity contribution in [3.8, 4) is 5.75 Å². The first-order valence-corrected chi connectivity index (χ1v) is 13.2. The van der Waals surface area contributed by atoms with Gasteiger partial charge in [0.25, 0.3) is 17.7 Å². The number of benzene rings is 3. The molecule has 3 aromatic carbocycles. The first-order chi connectivity index (χ1) is 17.6. The third kappa shape index (κ3) is 6.48. The molecule has 0 radical (unpaired) electrons. The van der Waals surface area contributed by atoms with Gasteiger partial charge in [-0.1, -0.05) is 27.5 Å². The maximum atomic E-state index is 13.1. The van der Waals surface area contributed by atoms with Crippen LogP contribution in [-0.2, 0) is 14.4 Å². The Labute approximate surface area is 241 Å². The van der Waals surface area contributed by atoms with E-state index >= 15 is 0 Å². The zero-order chi connectivity index (χ0) is 26.7. The lowest BCUT2D eigenvalue weighted by atomic mass is 10.1. The van der Waals surface area contributed by atoms with E-state index in [0.717, 1.165) is 9.37 Å². The minimum Gasteiger partial charge on any atom is -0.481 e. The quantitative estimate of drug-likeness (QED) is 0.230. The van der Waals surface area contributed by atoms with E-state index in [1.165, 1.54) is 6.08 Å². The van der Waals surface area contributed by atoms with E-state index in [4.69, 9.17) is 16.3 Å². The summed E-state index contributed by atoms with van der Waals surface area (Å²) in [5.74, 6) is -1.61. The number of barbiturate groups is 1. The van der Waals surface area contributed by atoms with Gasteiger partial charge in [0, 0.05) is 15.2 Å². The molecule has 0 atom stereocenters. The van der Waals surface area contributed by atoms with Crippen LogP contribution in [0.4, 0.5) is 16.2 Å². The predicted octanol–water partition coefficient (Wildman–Crippen LogP) is 6.31. The van der Waals surface area contributed by atoms with E-state index in [2.05, 4.69) is 58.4 Å². The van der Waals surface area contributed by atoms with Gasteiger partial charge in [-0.2, -0.15) is 0 Å². The van der Waals surface area contributed by atoms with Crippen molar-refractivity contribution in [1.29, 1.82) is 0 Å². The Bertz CT molecular complexity index is 1420. The van der Waals surface area contributed by atoms with Gasteiger partial charge in [0.1, 0.15) is 11.3 Å². The number of hydrogen-bond acceptors (Lipinski definition) is 5. The number of nitrogens with zero attached hydrogens (tertiary/aromatic N) is 1. The van der Waals surface area contributed by atoms with Gasteiger partial charge in [-0.05, 0) is 104 Å². The molecule has 3 aromatic rings. The van der Waals surface area contributed by atoms with Gasteiger partial charge in [0.15, 0.2) is 6.61 Å². The molecule has 0 unspecified atom stereocenters. The molecule has 0 aliphatic carbocycles. The number of ether oxygens (including phenoxy) is 1. The summed E-state index contributed by atoms with van der Waals surface area (Å²) >= 11 is 16.0. The standard InChI is InChI=1S/C25H15Br3ClN3O5/c26-14-1-7-17(8-2-14)32-24(35)18(23(34)31-25(32)36)9-13-10-19(27)22(20(28)11-13)37-12-21(33)30-16-5-3-15(29)4-6-16/h1-11H,12H2,(H,30,33)(H,31,34,36)/b18-9+. The van der Waals surface area contributed by atoms with Crippen LogP contribution >= 0.6 is 59.4 Å². The molecule has 5 amide bonds. The molecule has 1 heterocycles. The lowest BCUT2D eigenvalue weighted by Gasteiger charge is -2.26. The molecular weight excluding hydrogens is 697 g/mol. The Morgan fingerprint density at radius 1 is 0.973 bits per heavy atom. The van der Waals surface area contributed by atoms with Crippen LogP contribution in [0.2, 0.25) is 5.02 Å². The van der Waals surface area contributed by atoms with Crippen LogP contribution in [0, 0.1) is 0 Å². The minimum atomic E-state index is -0.836. The van der Waals surface area contributed by atoms with Crippen LogP contribution in [-0.4, -0.2) is 30.4 Å². The molecule has 1 aliphatic rings. The number of hydrogen-bond donors (Lipinski definition) is 2. The zero-order valence-electron chi connectivity index (χ0n) is 18.6. The molecule has 12 heteroatoms. The second-order valence-corrected chi connectivity index (χ2v) is 10.7. The van der Waals surface area contributed by atoms with Crippen molar-refractivity contribution in [1.82, 2.24) is 5.32 Å². The van der Waals surface area contributed by atoms with Gasteiger partial charge >= 0.3 is 6.03 Å². The summed E-state index contributed by atoms with van der Waals surface area (Å²) in [6.45, 7) is -0.272. The van der Waals surface area contributed by atoms with E-state index in [-0.39, 0.29) is 18.1 Å². The number of anilines is 2. The molecule has 0 aromatic heterocycles. The summed E-state index contributed by atoms with van der Waals surface area (Å²) in [6.07, 6.45) is 1.36. The predicted molar refractivity (Wildman–Crippen MR) is 151 cm³/mol. The highest BCUT2D eigenvalue weighted by atomic mass is 79.9. The highest BCUT2D eigenvalue weighted by Gasteiger charge is 2.36. The van der Waals surface area contributed by atoms with Gasteiger partial charge in [0.05, 0.1) is 14.6 Å². The third-order valence-corrected chi connectivity index (χ3v) is 6.95. The number of nitrogens with one attached hydrogen (secondary N) is 2. The molecule has 0 spiro atoms. The van der Waals surface area contributed by atoms with Gasteiger partial charge < -0.3 is 10.1 Å². The first kappa shape index (κ1) is 27.1. The van der Waals surface area contributed by atoms with Crippen molar-refractivity contribution in [3.63, 3.8) is 0 Å². The summed E-state index contributed by atoms with van der Waals surface area (Å²) in [6, 6.07) is 15.6. The Morgan fingerprint density at radius 3 is 2.22 bits per heavy atom. The number of amides is 5.